The Labute approximate surface area is 89.9 Å². The van der Waals surface area contributed by atoms with Gasteiger partial charge in [-0.25, -0.2) is 4.74 Å². The molecule has 1 aromatic rings. The second kappa shape index (κ2) is 4.14. The molecule has 0 amide bonds. The largest absolute Gasteiger partial charge is 0.623 e. The van der Waals surface area contributed by atoms with E-state index in [9.17, 15) is 5.21 Å². The Kier molecular flexibility index (Phi) is 3.11. The summed E-state index contributed by atoms with van der Waals surface area (Å²) in [5.74, 6) is 0. The molecule has 0 aliphatic heterocycles. The maximum atomic E-state index is 11.6. The number of nitriles is 1. The summed E-state index contributed by atoms with van der Waals surface area (Å²) in [6, 6.07) is 9.01. The highest BCUT2D eigenvalue weighted by Crippen LogP contribution is 2.07. The van der Waals surface area contributed by atoms with Crippen molar-refractivity contribution in [3.8, 4) is 6.07 Å². The van der Waals surface area contributed by atoms with Gasteiger partial charge in [-0.1, -0.05) is 6.07 Å². The van der Waals surface area contributed by atoms with E-state index in [0.717, 1.165) is 10.3 Å². The number of benzene rings is 1. The lowest BCUT2D eigenvalue weighted by Gasteiger charge is -2.18. The average molecular weight is 202 g/mol. The molecule has 0 fully saturated rings. The molecule has 3 nitrogen and oxygen atoms in total. The summed E-state index contributed by atoms with van der Waals surface area (Å²) in [6.07, 6.45) is 1.50. The standard InChI is InChI=1S/C12H14N2O/c1-12(2,3)14(15)9-11-6-4-5-10(7-11)8-13/h4-7,9H,1-3H3/b14-9-. The van der Waals surface area contributed by atoms with Crippen LogP contribution in [0.15, 0.2) is 24.3 Å². The number of hydrogen-bond acceptors (Lipinski definition) is 2. The lowest BCUT2D eigenvalue weighted by molar-refractivity contribution is -0.530. The molecule has 0 heterocycles. The van der Waals surface area contributed by atoms with Gasteiger partial charge in [0.05, 0.1) is 11.6 Å². The first-order chi connectivity index (χ1) is 6.93. The maximum absolute atomic E-state index is 11.6. The molecular formula is C12H14N2O. The van der Waals surface area contributed by atoms with Crippen LogP contribution in [0.25, 0.3) is 0 Å². The van der Waals surface area contributed by atoms with Gasteiger partial charge in [0.15, 0.2) is 11.8 Å². The smallest absolute Gasteiger partial charge is 0.182 e. The van der Waals surface area contributed by atoms with E-state index in [4.69, 9.17) is 5.26 Å². The van der Waals surface area contributed by atoms with Crippen LogP contribution < -0.4 is 0 Å². The third-order valence-corrected chi connectivity index (χ3v) is 1.94. The van der Waals surface area contributed by atoms with E-state index in [-0.39, 0.29) is 0 Å². The third-order valence-electron chi connectivity index (χ3n) is 1.94. The molecule has 1 rings (SSSR count). The second-order valence-corrected chi connectivity index (χ2v) is 4.36. The van der Waals surface area contributed by atoms with Crippen LogP contribution in [0.5, 0.6) is 0 Å². The first-order valence-corrected chi connectivity index (χ1v) is 4.75. The van der Waals surface area contributed by atoms with E-state index in [1.165, 1.54) is 6.21 Å². The Hall–Kier alpha value is -1.82. The van der Waals surface area contributed by atoms with E-state index in [1.54, 1.807) is 24.3 Å². The van der Waals surface area contributed by atoms with Gasteiger partial charge < -0.3 is 5.21 Å². The second-order valence-electron chi connectivity index (χ2n) is 4.36. The minimum atomic E-state index is -0.456. The van der Waals surface area contributed by atoms with Gasteiger partial charge in [-0.05, 0) is 18.2 Å². The van der Waals surface area contributed by atoms with Crippen LogP contribution in [0.4, 0.5) is 0 Å². The topological polar surface area (TPSA) is 49.9 Å². The Morgan fingerprint density at radius 3 is 2.60 bits per heavy atom. The van der Waals surface area contributed by atoms with Gasteiger partial charge in [-0.15, -0.1) is 0 Å². The molecule has 3 heteroatoms. The number of hydrogen-bond donors (Lipinski definition) is 0. The van der Waals surface area contributed by atoms with Gasteiger partial charge in [0.2, 0.25) is 0 Å². The molecule has 0 atom stereocenters. The van der Waals surface area contributed by atoms with Crippen LogP contribution >= 0.6 is 0 Å². The zero-order chi connectivity index (χ0) is 11.5. The first kappa shape index (κ1) is 11.3. The van der Waals surface area contributed by atoms with Crippen molar-refractivity contribution < 1.29 is 4.74 Å². The van der Waals surface area contributed by atoms with Crippen LogP contribution in [-0.2, 0) is 0 Å². The highest BCUT2D eigenvalue weighted by molar-refractivity contribution is 5.76. The van der Waals surface area contributed by atoms with Crippen molar-refractivity contribution in [1.82, 2.24) is 0 Å². The molecule has 0 N–H and O–H groups in total. The summed E-state index contributed by atoms with van der Waals surface area (Å²) in [6.45, 7) is 5.51. The van der Waals surface area contributed by atoms with Crippen molar-refractivity contribution in [2.75, 3.05) is 0 Å². The van der Waals surface area contributed by atoms with Crippen LogP contribution in [0, 0.1) is 16.5 Å². The Morgan fingerprint density at radius 2 is 2.07 bits per heavy atom. The van der Waals surface area contributed by atoms with Crippen molar-refractivity contribution in [2.24, 2.45) is 0 Å². The predicted molar refractivity (Wildman–Crippen MR) is 59.7 cm³/mol. The SMILES string of the molecule is CC(C)(C)/[N+]([O-])=C/c1cccc(C#N)c1. The van der Waals surface area contributed by atoms with E-state index in [1.807, 2.05) is 26.8 Å². The Bertz CT molecular complexity index is 422. The van der Waals surface area contributed by atoms with E-state index in [0.29, 0.717) is 5.56 Å². The molecule has 0 aliphatic carbocycles. The molecule has 0 spiro atoms. The highest BCUT2D eigenvalue weighted by Gasteiger charge is 2.17. The molecule has 15 heavy (non-hydrogen) atoms. The van der Waals surface area contributed by atoms with Gasteiger partial charge in [0, 0.05) is 26.3 Å². The molecule has 0 aromatic heterocycles. The summed E-state index contributed by atoms with van der Waals surface area (Å²) in [4.78, 5) is 0. The van der Waals surface area contributed by atoms with Crippen LogP contribution in [0.3, 0.4) is 0 Å². The van der Waals surface area contributed by atoms with Crippen LogP contribution in [0.1, 0.15) is 31.9 Å². The average Bonchev–Trinajstić information content (AvgIpc) is 2.16. The number of hydroxylamine groups is 1. The third kappa shape index (κ3) is 3.10. The van der Waals surface area contributed by atoms with Crippen molar-refractivity contribution in [3.05, 3.63) is 40.6 Å². The van der Waals surface area contributed by atoms with Gasteiger partial charge >= 0.3 is 0 Å². The maximum Gasteiger partial charge on any atom is 0.182 e. The van der Waals surface area contributed by atoms with E-state index >= 15 is 0 Å². The first-order valence-electron chi connectivity index (χ1n) is 4.75. The van der Waals surface area contributed by atoms with Crippen molar-refractivity contribution in [2.45, 2.75) is 26.3 Å². The molecular weight excluding hydrogens is 188 g/mol. The minimum Gasteiger partial charge on any atom is -0.623 e. The molecule has 0 bridgehead atoms. The predicted octanol–water partition coefficient (Wildman–Crippen LogP) is 2.29. The molecule has 0 aliphatic rings. The lowest BCUT2D eigenvalue weighted by Crippen LogP contribution is -2.29. The quantitative estimate of drug-likeness (QED) is 0.303. The summed E-state index contributed by atoms with van der Waals surface area (Å²) in [5, 5.41) is 20.3. The van der Waals surface area contributed by atoms with Crippen LogP contribution in [-0.4, -0.2) is 16.5 Å². The zero-order valence-electron chi connectivity index (χ0n) is 9.19. The Balaban J connectivity index is 3.04. The van der Waals surface area contributed by atoms with E-state index < -0.39 is 5.54 Å². The summed E-state index contributed by atoms with van der Waals surface area (Å²) in [5.41, 5.74) is 0.855. The van der Waals surface area contributed by atoms with Gasteiger partial charge in [0.1, 0.15) is 0 Å². The fraction of sp³-hybridized carbons (Fsp3) is 0.333. The van der Waals surface area contributed by atoms with Crippen molar-refractivity contribution in [3.63, 3.8) is 0 Å². The summed E-state index contributed by atoms with van der Waals surface area (Å²) in [7, 11) is 0. The van der Waals surface area contributed by atoms with Gasteiger partial charge in [0.25, 0.3) is 0 Å². The minimum absolute atomic E-state index is 0.456. The fourth-order valence-corrected chi connectivity index (χ4v) is 1.02. The molecule has 0 saturated heterocycles. The number of nitrogens with zero attached hydrogens (tertiary/aromatic N) is 2. The van der Waals surface area contributed by atoms with Crippen LogP contribution in [0.2, 0.25) is 0 Å². The summed E-state index contributed by atoms with van der Waals surface area (Å²) >= 11 is 0. The summed E-state index contributed by atoms with van der Waals surface area (Å²) < 4.78 is 0.892. The van der Waals surface area contributed by atoms with Crippen molar-refractivity contribution >= 4 is 6.21 Å². The molecule has 0 unspecified atom stereocenters. The fourth-order valence-electron chi connectivity index (χ4n) is 1.02. The zero-order valence-corrected chi connectivity index (χ0v) is 9.19. The van der Waals surface area contributed by atoms with Gasteiger partial charge in [-0.2, -0.15) is 5.26 Å². The normalized spacial score (nSPS) is 12.3. The highest BCUT2D eigenvalue weighted by atomic mass is 16.5. The molecule has 0 radical (unpaired) electrons. The molecule has 0 saturated carbocycles. The Morgan fingerprint density at radius 1 is 1.40 bits per heavy atom. The molecule has 1 aromatic carbocycles. The molecule has 78 valence electrons. The van der Waals surface area contributed by atoms with E-state index in [2.05, 4.69) is 0 Å². The van der Waals surface area contributed by atoms with Gasteiger partial charge in [-0.3, -0.25) is 0 Å². The monoisotopic (exact) mass is 202 g/mol. The number of rotatable bonds is 1. The lowest BCUT2D eigenvalue weighted by atomic mass is 10.1. The van der Waals surface area contributed by atoms with Crippen molar-refractivity contribution in [1.29, 1.82) is 5.26 Å².